The van der Waals surface area contributed by atoms with Crippen LogP contribution in [-0.2, 0) is 23.2 Å². The molecule has 26 heavy (non-hydrogen) atoms. The summed E-state index contributed by atoms with van der Waals surface area (Å²) in [4.78, 5) is 0. The molecular formula is C21H22Cl2N2Zr. The number of aromatic nitrogens is 2. The van der Waals surface area contributed by atoms with Crippen molar-refractivity contribution in [3.63, 3.8) is 0 Å². The van der Waals surface area contributed by atoms with E-state index in [0.29, 0.717) is 3.63 Å². The number of nitrogens with zero attached hydrogens (tertiary/aromatic N) is 2. The molecule has 2 aliphatic carbocycles. The van der Waals surface area contributed by atoms with Gasteiger partial charge in [0.1, 0.15) is 0 Å². The summed E-state index contributed by atoms with van der Waals surface area (Å²) in [5.41, 5.74) is 5.93. The van der Waals surface area contributed by atoms with Gasteiger partial charge in [0.15, 0.2) is 0 Å². The van der Waals surface area contributed by atoms with E-state index in [-0.39, 0.29) is 24.8 Å². The van der Waals surface area contributed by atoms with Crippen molar-refractivity contribution in [3.8, 4) is 0 Å². The van der Waals surface area contributed by atoms with Crippen molar-refractivity contribution in [1.29, 1.82) is 0 Å². The standard InChI is InChI=1S/C12H9N2.C9H13.2ClH.Zr/c1-2-5-11-9-12(8-10(11)4-1)14-7-3-6-13-14;1-2-3-6-9-7-4-5-8-9;;;/h1-9H;4,7H,2-3,5-6H2,1H3;2*1H;/q;;;;+2/p-2. The summed E-state index contributed by atoms with van der Waals surface area (Å²) < 4.78 is 4.45. The second-order valence-corrected chi connectivity index (χ2v) is 10.1. The Morgan fingerprint density at radius 1 is 1.19 bits per heavy atom. The molecule has 0 N–H and O–H groups in total. The molecular weight excluding hydrogens is 442 g/mol. The normalized spacial score (nSPS) is 17.3. The fraction of sp³-hybridized carbons (Fsp3) is 0.286. The van der Waals surface area contributed by atoms with Crippen LogP contribution >= 0.6 is 0 Å². The summed E-state index contributed by atoms with van der Waals surface area (Å²) >= 11 is -0.739. The van der Waals surface area contributed by atoms with Crippen LogP contribution in [0.1, 0.15) is 47.4 Å². The van der Waals surface area contributed by atoms with Crippen LogP contribution < -0.4 is 24.8 Å². The van der Waals surface area contributed by atoms with E-state index < -0.39 is 23.2 Å². The summed E-state index contributed by atoms with van der Waals surface area (Å²) in [5.74, 6) is 0. The Morgan fingerprint density at radius 3 is 2.81 bits per heavy atom. The topological polar surface area (TPSA) is 17.8 Å². The van der Waals surface area contributed by atoms with E-state index in [1.807, 2.05) is 12.3 Å². The van der Waals surface area contributed by atoms with Crippen molar-refractivity contribution in [2.45, 2.75) is 36.2 Å². The Kier molecular flexibility index (Phi) is 8.13. The minimum atomic E-state index is -0.739. The van der Waals surface area contributed by atoms with Gasteiger partial charge in [-0.15, -0.1) is 0 Å². The van der Waals surface area contributed by atoms with Gasteiger partial charge in [0.25, 0.3) is 0 Å². The van der Waals surface area contributed by atoms with Gasteiger partial charge in [-0.1, -0.05) is 0 Å². The maximum Gasteiger partial charge on any atom is -1.00 e. The molecule has 5 heteroatoms. The van der Waals surface area contributed by atoms with Gasteiger partial charge in [-0.25, -0.2) is 0 Å². The number of hydrogen-bond donors (Lipinski definition) is 0. The number of hydrogen-bond acceptors (Lipinski definition) is 1. The van der Waals surface area contributed by atoms with E-state index in [4.69, 9.17) is 0 Å². The fourth-order valence-electron chi connectivity index (χ4n) is 3.56. The van der Waals surface area contributed by atoms with E-state index in [1.54, 1.807) is 8.85 Å². The average molecular weight is 465 g/mol. The molecule has 134 valence electrons. The number of unbranched alkanes of at least 4 members (excludes halogenated alkanes) is 1. The van der Waals surface area contributed by atoms with Crippen LogP contribution in [0.4, 0.5) is 0 Å². The quantitative estimate of drug-likeness (QED) is 0.560. The van der Waals surface area contributed by atoms with Gasteiger partial charge in [0.05, 0.1) is 0 Å². The number of fused-ring (bicyclic) bond motifs is 1. The van der Waals surface area contributed by atoms with E-state index in [0.717, 1.165) is 0 Å². The maximum absolute atomic E-state index is 4.52. The molecule has 0 saturated heterocycles. The van der Waals surface area contributed by atoms with Gasteiger partial charge in [0, 0.05) is 0 Å². The third-order valence-corrected chi connectivity index (χ3v) is 9.17. The van der Waals surface area contributed by atoms with Crippen LogP contribution in [0.3, 0.4) is 0 Å². The molecule has 0 saturated carbocycles. The number of rotatable bonds is 6. The SMILES string of the molecule is CCCCC1=[C]([Zr+2][CH]2C(n3cccn3)=Cc3ccccc32)CC=C1.[Cl-].[Cl-]. The second-order valence-electron chi connectivity index (χ2n) is 6.44. The van der Waals surface area contributed by atoms with Crippen molar-refractivity contribution < 1.29 is 48.0 Å². The first-order chi connectivity index (χ1) is 11.9. The Bertz CT molecular complexity index is 822. The third-order valence-electron chi connectivity index (χ3n) is 4.82. The van der Waals surface area contributed by atoms with Crippen molar-refractivity contribution in [1.82, 2.24) is 9.78 Å². The molecule has 1 atom stereocenters. The minimum absolute atomic E-state index is 0. The molecule has 4 rings (SSSR count). The molecule has 0 fully saturated rings. The smallest absolute Gasteiger partial charge is 1.00 e. The maximum atomic E-state index is 4.52. The van der Waals surface area contributed by atoms with Crippen LogP contribution in [-0.4, -0.2) is 9.78 Å². The van der Waals surface area contributed by atoms with Crippen LogP contribution in [0.25, 0.3) is 11.8 Å². The number of halogens is 2. The molecule has 2 nitrogen and oxygen atoms in total. The van der Waals surface area contributed by atoms with Gasteiger partial charge < -0.3 is 24.8 Å². The van der Waals surface area contributed by atoms with E-state index in [2.05, 4.69) is 65.4 Å². The summed E-state index contributed by atoms with van der Waals surface area (Å²) in [5, 5.41) is 4.52. The fourth-order valence-corrected chi connectivity index (χ4v) is 7.88. The Balaban J connectivity index is 0.00000121. The molecule has 2 aromatic rings. The molecule has 1 aromatic heterocycles. The monoisotopic (exact) mass is 462 g/mol. The molecule has 0 radical (unpaired) electrons. The van der Waals surface area contributed by atoms with Crippen molar-refractivity contribution in [3.05, 3.63) is 74.9 Å². The van der Waals surface area contributed by atoms with Crippen molar-refractivity contribution in [2.75, 3.05) is 0 Å². The van der Waals surface area contributed by atoms with E-state index in [1.165, 1.54) is 42.5 Å². The molecule has 0 amide bonds. The third kappa shape index (κ3) is 4.33. The van der Waals surface area contributed by atoms with E-state index >= 15 is 0 Å². The predicted octanol–water partition coefficient (Wildman–Crippen LogP) is -0.569. The zero-order valence-corrected chi connectivity index (χ0v) is 18.8. The van der Waals surface area contributed by atoms with Gasteiger partial charge >= 0.3 is 156 Å². The molecule has 0 spiro atoms. The Hall–Kier alpha value is -0.887. The molecule has 1 unspecified atom stereocenters. The second kappa shape index (κ2) is 9.88. The summed E-state index contributed by atoms with van der Waals surface area (Å²) in [7, 11) is 0. The van der Waals surface area contributed by atoms with Crippen LogP contribution in [0.15, 0.2) is 63.7 Å². The van der Waals surface area contributed by atoms with Crippen LogP contribution in [0, 0.1) is 0 Å². The summed E-state index contributed by atoms with van der Waals surface area (Å²) in [6.45, 7) is 2.28. The number of allylic oxidation sites excluding steroid dienone is 5. The minimum Gasteiger partial charge on any atom is -1.00 e. The molecule has 1 aromatic carbocycles. The predicted molar refractivity (Wildman–Crippen MR) is 95.9 cm³/mol. The summed E-state index contributed by atoms with van der Waals surface area (Å²) in [6.07, 6.45) is 16.1. The molecule has 1 heterocycles. The van der Waals surface area contributed by atoms with Gasteiger partial charge in [-0.05, 0) is 0 Å². The van der Waals surface area contributed by atoms with Crippen molar-refractivity contribution in [2.24, 2.45) is 0 Å². The number of benzene rings is 1. The largest absolute Gasteiger partial charge is 1.00 e. The van der Waals surface area contributed by atoms with E-state index in [9.17, 15) is 0 Å². The average Bonchev–Trinajstić information content (AvgIpc) is 3.34. The molecule has 2 aliphatic rings. The van der Waals surface area contributed by atoms with Gasteiger partial charge in [0.2, 0.25) is 0 Å². The first-order valence-electron chi connectivity index (χ1n) is 8.82. The van der Waals surface area contributed by atoms with Crippen LogP contribution in [0.5, 0.6) is 0 Å². The molecule has 0 aliphatic heterocycles. The van der Waals surface area contributed by atoms with Gasteiger partial charge in [-0.2, -0.15) is 0 Å². The Morgan fingerprint density at radius 2 is 2.04 bits per heavy atom. The first kappa shape index (κ1) is 21.4. The first-order valence-corrected chi connectivity index (χ1v) is 11.5. The Labute approximate surface area is 179 Å². The summed E-state index contributed by atoms with van der Waals surface area (Å²) in [6, 6.07) is 10.9. The zero-order chi connectivity index (χ0) is 16.4. The molecule has 0 bridgehead atoms. The van der Waals surface area contributed by atoms with Gasteiger partial charge in [-0.3, -0.25) is 0 Å². The zero-order valence-electron chi connectivity index (χ0n) is 14.8. The van der Waals surface area contributed by atoms with Crippen LogP contribution in [0.2, 0.25) is 0 Å². The van der Waals surface area contributed by atoms with Crippen molar-refractivity contribution >= 4 is 11.8 Å².